The van der Waals surface area contributed by atoms with Crippen LogP contribution in [0.3, 0.4) is 0 Å². The van der Waals surface area contributed by atoms with E-state index in [-0.39, 0.29) is 35.0 Å². The number of alkyl halides is 3. The van der Waals surface area contributed by atoms with Crippen LogP contribution in [-0.4, -0.2) is 38.5 Å². The van der Waals surface area contributed by atoms with E-state index in [1.54, 1.807) is 31.2 Å². The largest absolute Gasteiger partial charge is 0.573 e. The van der Waals surface area contributed by atoms with Crippen molar-refractivity contribution in [2.24, 2.45) is 0 Å². The van der Waals surface area contributed by atoms with Crippen LogP contribution in [0.1, 0.15) is 12.5 Å². The maximum Gasteiger partial charge on any atom is 0.573 e. The molecular formula is C24H23F3N2O6S. The number of benzene rings is 3. The van der Waals surface area contributed by atoms with Crippen molar-refractivity contribution >= 4 is 27.3 Å². The Morgan fingerprint density at radius 3 is 2.39 bits per heavy atom. The van der Waals surface area contributed by atoms with Crippen molar-refractivity contribution in [2.75, 3.05) is 16.6 Å². The third-order valence-electron chi connectivity index (χ3n) is 4.69. The van der Waals surface area contributed by atoms with Gasteiger partial charge in [-0.2, -0.15) is 0 Å². The number of hydrogen-bond donors (Lipinski definition) is 3. The Labute approximate surface area is 205 Å². The second kappa shape index (κ2) is 11.3. The summed E-state index contributed by atoms with van der Waals surface area (Å²) in [6, 6.07) is 17.0. The number of halogens is 3. The molecule has 8 nitrogen and oxygen atoms in total. The molecule has 12 heteroatoms. The van der Waals surface area contributed by atoms with Crippen molar-refractivity contribution in [3.05, 3.63) is 78.4 Å². The molecule has 0 spiro atoms. The molecule has 3 rings (SSSR count). The van der Waals surface area contributed by atoms with Crippen LogP contribution in [0.4, 0.5) is 24.5 Å². The van der Waals surface area contributed by atoms with Crippen molar-refractivity contribution in [1.82, 2.24) is 0 Å². The van der Waals surface area contributed by atoms with Crippen molar-refractivity contribution in [3.8, 4) is 11.5 Å². The zero-order valence-electron chi connectivity index (χ0n) is 19.0. The van der Waals surface area contributed by atoms with E-state index in [1.807, 2.05) is 6.07 Å². The van der Waals surface area contributed by atoms with Gasteiger partial charge < -0.3 is 19.9 Å². The average Bonchev–Trinajstić information content (AvgIpc) is 2.79. The van der Waals surface area contributed by atoms with Gasteiger partial charge in [0.15, 0.2) is 0 Å². The molecule has 0 aliphatic rings. The molecule has 3 aromatic carbocycles. The summed E-state index contributed by atoms with van der Waals surface area (Å²) < 4.78 is 74.8. The fourth-order valence-electron chi connectivity index (χ4n) is 3.20. The first-order valence-electron chi connectivity index (χ1n) is 10.6. The number of aliphatic hydroxyl groups excluding tert-OH is 1. The Balaban J connectivity index is 1.78. The molecule has 3 N–H and O–H groups in total. The summed E-state index contributed by atoms with van der Waals surface area (Å²) in [5, 5.41) is 12.7. The summed E-state index contributed by atoms with van der Waals surface area (Å²) in [7, 11) is -4.30. The van der Waals surface area contributed by atoms with Gasteiger partial charge in [0.1, 0.15) is 22.5 Å². The molecule has 0 aliphatic heterocycles. The van der Waals surface area contributed by atoms with E-state index in [1.165, 1.54) is 30.3 Å². The first kappa shape index (κ1) is 26.8. The highest BCUT2D eigenvalue weighted by Gasteiger charge is 2.31. The van der Waals surface area contributed by atoms with Crippen LogP contribution in [0.25, 0.3) is 0 Å². The Hall–Kier alpha value is -3.77. The summed E-state index contributed by atoms with van der Waals surface area (Å²) in [4.78, 5) is 12.1. The second-order valence-corrected chi connectivity index (χ2v) is 9.12. The van der Waals surface area contributed by atoms with Crippen LogP contribution in [0.2, 0.25) is 0 Å². The van der Waals surface area contributed by atoms with Crippen LogP contribution in [0, 0.1) is 0 Å². The lowest BCUT2D eigenvalue weighted by Crippen LogP contribution is -2.29. The fourth-order valence-corrected chi connectivity index (χ4v) is 4.38. The number of carbonyl (C=O) groups is 1. The van der Waals surface area contributed by atoms with Crippen molar-refractivity contribution in [2.45, 2.75) is 30.7 Å². The van der Waals surface area contributed by atoms with Gasteiger partial charge in [-0.1, -0.05) is 36.4 Å². The van der Waals surface area contributed by atoms with E-state index in [9.17, 15) is 31.5 Å². The number of anilines is 2. The molecular weight excluding hydrogens is 501 g/mol. The van der Waals surface area contributed by atoms with Crippen molar-refractivity contribution in [1.29, 1.82) is 0 Å². The van der Waals surface area contributed by atoms with E-state index < -0.39 is 34.1 Å². The summed E-state index contributed by atoms with van der Waals surface area (Å²) >= 11 is 0. The van der Waals surface area contributed by atoms with Crippen molar-refractivity contribution in [3.63, 3.8) is 0 Å². The number of carbonyl (C=O) groups excluding carboxylic acids is 1. The summed E-state index contributed by atoms with van der Waals surface area (Å²) in [5.74, 6) is -1.40. The number of ether oxygens (including phenoxy) is 2. The number of hydrogen-bond acceptors (Lipinski definition) is 6. The fraction of sp³-hybridized carbons (Fsp3) is 0.208. The molecule has 0 aromatic heterocycles. The molecule has 1 atom stereocenters. The zero-order chi connectivity index (χ0) is 26.3. The van der Waals surface area contributed by atoms with Gasteiger partial charge in [-0.3, -0.25) is 9.52 Å². The van der Waals surface area contributed by atoms with E-state index in [4.69, 9.17) is 4.74 Å². The molecule has 1 unspecified atom stereocenters. The van der Waals surface area contributed by atoms with Crippen LogP contribution in [0.15, 0.2) is 77.7 Å². The number of aliphatic hydroxyl groups is 1. The third kappa shape index (κ3) is 7.62. The Kier molecular flexibility index (Phi) is 8.43. The molecule has 192 valence electrons. The first-order valence-corrected chi connectivity index (χ1v) is 12.1. The van der Waals surface area contributed by atoms with E-state index in [0.29, 0.717) is 0 Å². The van der Waals surface area contributed by atoms with Gasteiger partial charge >= 0.3 is 6.36 Å². The molecule has 0 heterocycles. The van der Waals surface area contributed by atoms with E-state index >= 15 is 0 Å². The Morgan fingerprint density at radius 2 is 1.72 bits per heavy atom. The highest BCUT2D eigenvalue weighted by Crippen LogP contribution is 2.31. The standard InChI is InChI=1S/C24H23F3N2O6S/c1-2-34-21-15-17(28-23(31)20(30)13-16-7-4-3-5-8-16)11-12-22(21)36(32,33)29-18-9-6-10-19(14-18)35-24(25,26)27/h3-12,14-15,20,29-30H,2,13H2,1H3,(H,28,31). The van der Waals surface area contributed by atoms with Crippen molar-refractivity contribution < 1.29 is 41.0 Å². The van der Waals surface area contributed by atoms with Crippen LogP contribution < -0.4 is 19.5 Å². The lowest BCUT2D eigenvalue weighted by molar-refractivity contribution is -0.274. The molecule has 0 fully saturated rings. The predicted octanol–water partition coefficient (Wildman–Crippen LogP) is 4.33. The van der Waals surface area contributed by atoms with Crippen LogP contribution in [-0.2, 0) is 21.2 Å². The lowest BCUT2D eigenvalue weighted by atomic mass is 10.1. The number of amides is 1. The molecule has 3 aromatic rings. The third-order valence-corrected chi connectivity index (χ3v) is 6.12. The minimum absolute atomic E-state index is 0.0818. The summed E-state index contributed by atoms with van der Waals surface area (Å²) in [5.41, 5.74) is 0.767. The summed E-state index contributed by atoms with van der Waals surface area (Å²) in [6.45, 7) is 1.71. The minimum atomic E-state index is -4.94. The normalized spacial score (nSPS) is 12.5. The molecule has 36 heavy (non-hydrogen) atoms. The van der Waals surface area contributed by atoms with E-state index in [2.05, 4.69) is 14.8 Å². The molecule has 0 saturated heterocycles. The zero-order valence-corrected chi connectivity index (χ0v) is 19.8. The SMILES string of the molecule is CCOc1cc(NC(=O)C(O)Cc2ccccc2)ccc1S(=O)(=O)Nc1cccc(OC(F)(F)F)c1. The maximum atomic E-state index is 13.0. The Morgan fingerprint density at radius 1 is 1.00 bits per heavy atom. The van der Waals surface area contributed by atoms with Gasteiger partial charge in [-0.05, 0) is 36.8 Å². The summed E-state index contributed by atoms with van der Waals surface area (Å²) in [6.07, 6.45) is -6.20. The second-order valence-electron chi connectivity index (χ2n) is 7.47. The smallest absolute Gasteiger partial charge is 0.492 e. The molecule has 1 amide bonds. The van der Waals surface area contributed by atoms with Gasteiger partial charge in [0.2, 0.25) is 0 Å². The van der Waals surface area contributed by atoms with Gasteiger partial charge in [-0.15, -0.1) is 13.2 Å². The average molecular weight is 525 g/mol. The molecule has 0 saturated carbocycles. The topological polar surface area (TPSA) is 114 Å². The monoisotopic (exact) mass is 524 g/mol. The Bertz CT molecular complexity index is 1300. The molecule has 0 aliphatic carbocycles. The number of sulfonamides is 1. The minimum Gasteiger partial charge on any atom is -0.492 e. The number of rotatable bonds is 10. The van der Waals surface area contributed by atoms with Gasteiger partial charge in [-0.25, -0.2) is 8.42 Å². The molecule has 0 bridgehead atoms. The van der Waals surface area contributed by atoms with Crippen LogP contribution >= 0.6 is 0 Å². The lowest BCUT2D eigenvalue weighted by Gasteiger charge is -2.16. The van der Waals surface area contributed by atoms with Crippen LogP contribution in [0.5, 0.6) is 11.5 Å². The highest BCUT2D eigenvalue weighted by atomic mass is 32.2. The maximum absolute atomic E-state index is 13.0. The number of nitrogens with one attached hydrogen (secondary N) is 2. The van der Waals surface area contributed by atoms with Gasteiger partial charge in [0.05, 0.1) is 12.3 Å². The van der Waals surface area contributed by atoms with Gasteiger partial charge in [0, 0.05) is 24.2 Å². The predicted molar refractivity (Wildman–Crippen MR) is 126 cm³/mol. The molecule has 0 radical (unpaired) electrons. The quantitative estimate of drug-likeness (QED) is 0.364. The highest BCUT2D eigenvalue weighted by molar-refractivity contribution is 7.92. The first-order chi connectivity index (χ1) is 17.0. The van der Waals surface area contributed by atoms with Gasteiger partial charge in [0.25, 0.3) is 15.9 Å². The van der Waals surface area contributed by atoms with E-state index in [0.717, 1.165) is 17.7 Å².